The third-order valence-electron chi connectivity index (χ3n) is 2.54. The summed E-state index contributed by atoms with van der Waals surface area (Å²) in [6.07, 6.45) is 7.67. The fourth-order valence-electron chi connectivity index (χ4n) is 1.68. The Bertz CT molecular complexity index is 271. The van der Waals surface area contributed by atoms with Crippen LogP contribution in [0.2, 0.25) is 0 Å². The first kappa shape index (κ1) is 11.6. The molecule has 0 radical (unpaired) electrons. The second-order valence-electron chi connectivity index (χ2n) is 3.88. The highest BCUT2D eigenvalue weighted by Gasteiger charge is 2.12. The molecule has 0 spiro atoms. The van der Waals surface area contributed by atoms with Crippen molar-refractivity contribution in [2.24, 2.45) is 0 Å². The number of hydrogen-bond acceptors (Lipinski definition) is 4. The minimum atomic E-state index is -0.0537. The summed E-state index contributed by atoms with van der Waals surface area (Å²) in [6.45, 7) is 4.40. The standard InChI is InChI=1S/C11H19N3O2/c1(5-14-6-4-13-10-14)3-12-9-11-15-7-2-8-16-11/h4,6,10-12H,1-3,5,7-9H2. The van der Waals surface area contributed by atoms with Crippen molar-refractivity contribution in [3.8, 4) is 0 Å². The molecule has 1 aromatic heterocycles. The maximum absolute atomic E-state index is 5.43. The molecule has 0 unspecified atom stereocenters. The van der Waals surface area contributed by atoms with Crippen molar-refractivity contribution < 1.29 is 9.47 Å². The van der Waals surface area contributed by atoms with Gasteiger partial charge >= 0.3 is 0 Å². The largest absolute Gasteiger partial charge is 0.351 e. The lowest BCUT2D eigenvalue weighted by molar-refractivity contribution is -0.175. The Morgan fingerprint density at radius 2 is 2.25 bits per heavy atom. The zero-order valence-electron chi connectivity index (χ0n) is 9.47. The van der Waals surface area contributed by atoms with Gasteiger partial charge in [0, 0.05) is 25.5 Å². The van der Waals surface area contributed by atoms with Gasteiger partial charge in [0.05, 0.1) is 19.5 Å². The molecule has 1 aromatic rings. The molecule has 5 heteroatoms. The number of imidazole rings is 1. The van der Waals surface area contributed by atoms with Gasteiger partial charge in [0.15, 0.2) is 6.29 Å². The van der Waals surface area contributed by atoms with Crippen molar-refractivity contribution >= 4 is 0 Å². The van der Waals surface area contributed by atoms with E-state index in [1.54, 1.807) is 6.20 Å². The Balaban J connectivity index is 1.48. The van der Waals surface area contributed by atoms with Crippen molar-refractivity contribution in [1.82, 2.24) is 14.9 Å². The average Bonchev–Trinajstić information content (AvgIpc) is 2.83. The van der Waals surface area contributed by atoms with Gasteiger partial charge in [-0.25, -0.2) is 4.98 Å². The van der Waals surface area contributed by atoms with E-state index in [-0.39, 0.29) is 6.29 Å². The van der Waals surface area contributed by atoms with Gasteiger partial charge in [0.2, 0.25) is 0 Å². The van der Waals surface area contributed by atoms with Crippen LogP contribution in [0.25, 0.3) is 0 Å². The molecule has 1 N–H and O–H groups in total. The van der Waals surface area contributed by atoms with Crippen LogP contribution < -0.4 is 5.32 Å². The Kier molecular flexibility index (Phi) is 4.79. The van der Waals surface area contributed by atoms with Crippen molar-refractivity contribution in [2.45, 2.75) is 25.7 Å². The summed E-state index contributed by atoms with van der Waals surface area (Å²) >= 11 is 0. The van der Waals surface area contributed by atoms with Crippen LogP contribution in [0.15, 0.2) is 18.7 Å². The third kappa shape index (κ3) is 3.92. The fraction of sp³-hybridized carbons (Fsp3) is 0.727. The Morgan fingerprint density at radius 1 is 1.38 bits per heavy atom. The number of aryl methyl sites for hydroxylation is 1. The first-order valence-electron chi connectivity index (χ1n) is 5.85. The summed E-state index contributed by atoms with van der Waals surface area (Å²) in [5.41, 5.74) is 0. The topological polar surface area (TPSA) is 48.3 Å². The van der Waals surface area contributed by atoms with Crippen LogP contribution in [-0.2, 0) is 16.0 Å². The van der Waals surface area contributed by atoms with Crippen LogP contribution >= 0.6 is 0 Å². The predicted octanol–water partition coefficient (Wildman–Crippen LogP) is 0.626. The van der Waals surface area contributed by atoms with Gasteiger partial charge in [-0.05, 0) is 19.4 Å². The second-order valence-corrected chi connectivity index (χ2v) is 3.88. The van der Waals surface area contributed by atoms with Crippen LogP contribution in [0, 0.1) is 0 Å². The molecule has 1 saturated heterocycles. The van der Waals surface area contributed by atoms with Gasteiger partial charge in [-0.15, -0.1) is 0 Å². The normalized spacial score (nSPS) is 17.8. The summed E-state index contributed by atoms with van der Waals surface area (Å²) in [7, 11) is 0. The van der Waals surface area contributed by atoms with Gasteiger partial charge in [-0.1, -0.05) is 0 Å². The van der Waals surface area contributed by atoms with Crippen LogP contribution in [0.4, 0.5) is 0 Å². The average molecular weight is 225 g/mol. The molecule has 2 rings (SSSR count). The van der Waals surface area contributed by atoms with Gasteiger partial charge in [-0.3, -0.25) is 0 Å². The van der Waals surface area contributed by atoms with Crippen LogP contribution in [0.1, 0.15) is 12.8 Å². The first-order valence-corrected chi connectivity index (χ1v) is 5.85. The molecule has 0 saturated carbocycles. The summed E-state index contributed by atoms with van der Waals surface area (Å²) in [5.74, 6) is 0. The van der Waals surface area contributed by atoms with E-state index in [9.17, 15) is 0 Å². The van der Waals surface area contributed by atoms with Crippen LogP contribution in [-0.4, -0.2) is 42.1 Å². The van der Waals surface area contributed by atoms with Crippen molar-refractivity contribution in [3.63, 3.8) is 0 Å². The van der Waals surface area contributed by atoms with E-state index in [2.05, 4.69) is 14.9 Å². The molecule has 16 heavy (non-hydrogen) atoms. The Labute approximate surface area is 95.8 Å². The molecular formula is C11H19N3O2. The smallest absolute Gasteiger partial charge is 0.169 e. The molecule has 2 heterocycles. The third-order valence-corrected chi connectivity index (χ3v) is 2.54. The van der Waals surface area contributed by atoms with Gasteiger partial charge in [-0.2, -0.15) is 0 Å². The molecule has 0 atom stereocenters. The van der Waals surface area contributed by atoms with Gasteiger partial charge in [0.25, 0.3) is 0 Å². The lowest BCUT2D eigenvalue weighted by atomic mass is 10.4. The summed E-state index contributed by atoms with van der Waals surface area (Å²) < 4.78 is 12.9. The Morgan fingerprint density at radius 3 is 3.00 bits per heavy atom. The summed E-state index contributed by atoms with van der Waals surface area (Å²) in [6, 6.07) is 0. The van der Waals surface area contributed by atoms with E-state index in [0.717, 1.165) is 45.7 Å². The minimum absolute atomic E-state index is 0.0537. The molecule has 5 nitrogen and oxygen atoms in total. The van der Waals surface area contributed by atoms with E-state index >= 15 is 0 Å². The zero-order valence-corrected chi connectivity index (χ0v) is 9.47. The molecule has 1 aliphatic heterocycles. The lowest BCUT2D eigenvalue weighted by Gasteiger charge is -2.23. The zero-order chi connectivity index (χ0) is 11.1. The second kappa shape index (κ2) is 6.62. The fourth-order valence-corrected chi connectivity index (χ4v) is 1.68. The van der Waals surface area contributed by atoms with Crippen molar-refractivity contribution in [1.29, 1.82) is 0 Å². The number of hydrogen-bond donors (Lipinski definition) is 1. The van der Waals surface area contributed by atoms with Crippen LogP contribution in [0.3, 0.4) is 0 Å². The van der Waals surface area contributed by atoms with Gasteiger partial charge < -0.3 is 19.4 Å². The van der Waals surface area contributed by atoms with Crippen molar-refractivity contribution in [3.05, 3.63) is 18.7 Å². The molecule has 1 aliphatic rings. The molecule has 0 aliphatic carbocycles. The number of nitrogens with zero attached hydrogens (tertiary/aromatic N) is 2. The highest BCUT2D eigenvalue weighted by atomic mass is 16.7. The first-order chi connectivity index (χ1) is 7.95. The molecular weight excluding hydrogens is 206 g/mol. The van der Waals surface area contributed by atoms with E-state index in [4.69, 9.17) is 9.47 Å². The SMILES string of the molecule is c1cn(CCCNCC2OCCCO2)cn1. The maximum atomic E-state index is 5.43. The molecule has 0 bridgehead atoms. The van der Waals surface area contributed by atoms with E-state index in [1.807, 2.05) is 12.5 Å². The molecule has 90 valence electrons. The number of aromatic nitrogens is 2. The Hall–Kier alpha value is -0.910. The summed E-state index contributed by atoms with van der Waals surface area (Å²) in [5, 5.41) is 3.33. The van der Waals surface area contributed by atoms with Gasteiger partial charge in [0.1, 0.15) is 0 Å². The summed E-state index contributed by atoms with van der Waals surface area (Å²) in [4.78, 5) is 4.00. The maximum Gasteiger partial charge on any atom is 0.169 e. The van der Waals surface area contributed by atoms with E-state index < -0.39 is 0 Å². The van der Waals surface area contributed by atoms with E-state index in [0.29, 0.717) is 0 Å². The monoisotopic (exact) mass is 225 g/mol. The quantitative estimate of drug-likeness (QED) is 0.721. The van der Waals surface area contributed by atoms with Crippen molar-refractivity contribution in [2.75, 3.05) is 26.3 Å². The number of rotatable bonds is 6. The lowest BCUT2D eigenvalue weighted by Crippen LogP contribution is -2.35. The molecule has 1 fully saturated rings. The highest BCUT2D eigenvalue weighted by molar-refractivity contribution is 4.73. The molecule has 0 aromatic carbocycles. The van der Waals surface area contributed by atoms with Crippen LogP contribution in [0.5, 0.6) is 0 Å². The highest BCUT2D eigenvalue weighted by Crippen LogP contribution is 2.02. The molecule has 0 amide bonds. The van der Waals surface area contributed by atoms with E-state index in [1.165, 1.54) is 0 Å². The predicted molar refractivity (Wildman–Crippen MR) is 60.0 cm³/mol. The minimum Gasteiger partial charge on any atom is -0.351 e. The number of ether oxygens (including phenoxy) is 2. The number of nitrogens with one attached hydrogen (secondary N) is 1.